The Hall–Kier alpha value is -2.35. The lowest BCUT2D eigenvalue weighted by Crippen LogP contribution is -2.50. The molecule has 1 heterocycles. The molecule has 0 saturated carbocycles. The quantitative estimate of drug-likeness (QED) is 0.527. The number of rotatable bonds is 8. The molecule has 0 bridgehead atoms. The second-order valence-electron chi connectivity index (χ2n) is 8.94. The van der Waals surface area contributed by atoms with Crippen LogP contribution >= 0.6 is 12.4 Å². The van der Waals surface area contributed by atoms with Gasteiger partial charge in [-0.2, -0.15) is 0 Å². The summed E-state index contributed by atoms with van der Waals surface area (Å²) < 4.78 is 19.4. The number of urea groups is 1. The fraction of sp³-hybridized carbons (Fsp3) is 0.480. The Morgan fingerprint density at radius 3 is 2.33 bits per heavy atom. The Balaban J connectivity index is 0.00000385. The van der Waals surface area contributed by atoms with Crippen LogP contribution in [0.5, 0.6) is 5.75 Å². The molecule has 1 aliphatic rings. The van der Waals surface area contributed by atoms with Crippen molar-refractivity contribution in [3.05, 3.63) is 65.5 Å². The van der Waals surface area contributed by atoms with Gasteiger partial charge < -0.3 is 25.0 Å². The smallest absolute Gasteiger partial charge is 0.320 e. The van der Waals surface area contributed by atoms with Crippen LogP contribution in [0.15, 0.2) is 48.5 Å². The van der Waals surface area contributed by atoms with Gasteiger partial charge in [0.2, 0.25) is 0 Å². The number of hydrogen-bond donors (Lipinski definition) is 2. The summed E-state index contributed by atoms with van der Waals surface area (Å²) in [5, 5.41) is 12.7. The summed E-state index contributed by atoms with van der Waals surface area (Å²) in [6, 6.07) is 12.8. The average Bonchev–Trinajstić information content (AvgIpc) is 2.77. The normalized spacial score (nSPS) is 15.7. The van der Waals surface area contributed by atoms with Crippen LogP contribution < -0.4 is 5.32 Å². The van der Waals surface area contributed by atoms with E-state index in [2.05, 4.69) is 31.1 Å². The van der Waals surface area contributed by atoms with Crippen molar-refractivity contribution in [2.24, 2.45) is 5.92 Å². The van der Waals surface area contributed by atoms with Crippen LogP contribution in [0.3, 0.4) is 0 Å². The minimum absolute atomic E-state index is 0. The standard InChI is InChI=1S/C25H34FN3O3.ClH/c1-18(2)17-32-24(20-6-10-23(30)11-7-20)27-25(31)29(22-12-14-28(3)15-13-22)16-19-4-8-21(26)9-5-19;/h4-11,18,22,24,30H,12-17H2,1-3H3,(H,27,31);1H. The molecule has 2 aromatic rings. The van der Waals surface area contributed by atoms with Crippen molar-refractivity contribution in [1.29, 1.82) is 0 Å². The predicted molar refractivity (Wildman–Crippen MR) is 130 cm³/mol. The van der Waals surface area contributed by atoms with Crippen LogP contribution in [0.25, 0.3) is 0 Å². The monoisotopic (exact) mass is 479 g/mol. The zero-order valence-electron chi connectivity index (χ0n) is 19.5. The lowest BCUT2D eigenvalue weighted by atomic mass is 10.0. The van der Waals surface area contributed by atoms with E-state index in [4.69, 9.17) is 4.74 Å². The zero-order valence-corrected chi connectivity index (χ0v) is 20.4. The van der Waals surface area contributed by atoms with E-state index < -0.39 is 6.23 Å². The van der Waals surface area contributed by atoms with E-state index >= 15 is 0 Å². The first-order chi connectivity index (χ1) is 15.3. The lowest BCUT2D eigenvalue weighted by molar-refractivity contribution is 0.0136. The SMILES string of the molecule is CC(C)COC(NC(=O)N(Cc1ccc(F)cc1)C1CCN(C)CC1)c1ccc(O)cc1.Cl. The zero-order chi connectivity index (χ0) is 23.1. The van der Waals surface area contributed by atoms with Crippen molar-refractivity contribution in [3.8, 4) is 5.75 Å². The van der Waals surface area contributed by atoms with Crippen LogP contribution in [-0.4, -0.2) is 53.7 Å². The highest BCUT2D eigenvalue weighted by atomic mass is 35.5. The second kappa shape index (κ2) is 12.8. The number of carbonyl (C=O) groups is 1. The van der Waals surface area contributed by atoms with Gasteiger partial charge in [0, 0.05) is 18.2 Å². The van der Waals surface area contributed by atoms with Crippen molar-refractivity contribution in [2.75, 3.05) is 26.7 Å². The Kier molecular flexibility index (Phi) is 10.4. The molecule has 1 saturated heterocycles. The molecule has 1 unspecified atom stereocenters. The van der Waals surface area contributed by atoms with E-state index in [-0.39, 0.29) is 36.0 Å². The van der Waals surface area contributed by atoms with Gasteiger partial charge in [-0.25, -0.2) is 9.18 Å². The molecule has 0 aliphatic carbocycles. The summed E-state index contributed by atoms with van der Waals surface area (Å²) in [6.07, 6.45) is 1.12. The van der Waals surface area contributed by atoms with Crippen molar-refractivity contribution in [3.63, 3.8) is 0 Å². The molecule has 33 heavy (non-hydrogen) atoms. The molecule has 1 aliphatic heterocycles. The number of nitrogens with one attached hydrogen (secondary N) is 1. The van der Waals surface area contributed by atoms with Gasteiger partial charge in [0.05, 0.1) is 6.61 Å². The highest BCUT2D eigenvalue weighted by Gasteiger charge is 2.29. The number of phenols is 1. The predicted octanol–water partition coefficient (Wildman–Crippen LogP) is 4.93. The first kappa shape index (κ1) is 26.9. The van der Waals surface area contributed by atoms with Crippen molar-refractivity contribution < 1.29 is 19.0 Å². The van der Waals surface area contributed by atoms with E-state index in [9.17, 15) is 14.3 Å². The third kappa shape index (κ3) is 8.18. The fourth-order valence-corrected chi connectivity index (χ4v) is 3.81. The summed E-state index contributed by atoms with van der Waals surface area (Å²) in [5.41, 5.74) is 1.65. The van der Waals surface area contributed by atoms with Gasteiger partial charge in [-0.15, -0.1) is 12.4 Å². The minimum atomic E-state index is -0.632. The minimum Gasteiger partial charge on any atom is -0.508 e. The van der Waals surface area contributed by atoms with Gasteiger partial charge in [-0.3, -0.25) is 0 Å². The van der Waals surface area contributed by atoms with Crippen molar-refractivity contribution >= 4 is 18.4 Å². The molecule has 2 aromatic carbocycles. The highest BCUT2D eigenvalue weighted by Crippen LogP contribution is 2.23. The van der Waals surface area contributed by atoms with Crippen LogP contribution in [0.4, 0.5) is 9.18 Å². The number of carbonyl (C=O) groups excluding carboxylic acids is 1. The van der Waals surface area contributed by atoms with E-state index in [0.29, 0.717) is 19.1 Å². The molecule has 2 amide bonds. The molecule has 182 valence electrons. The molecule has 1 atom stereocenters. The molecule has 3 rings (SSSR count). The average molecular weight is 480 g/mol. The Morgan fingerprint density at radius 1 is 1.15 bits per heavy atom. The molecule has 0 radical (unpaired) electrons. The number of likely N-dealkylation sites (tertiary alicyclic amines) is 1. The Morgan fingerprint density at radius 2 is 1.76 bits per heavy atom. The fourth-order valence-electron chi connectivity index (χ4n) is 3.81. The lowest BCUT2D eigenvalue weighted by Gasteiger charge is -2.38. The number of benzene rings is 2. The molecular weight excluding hydrogens is 445 g/mol. The first-order valence-electron chi connectivity index (χ1n) is 11.2. The number of nitrogens with zero attached hydrogens (tertiary/aromatic N) is 2. The van der Waals surface area contributed by atoms with E-state index in [1.54, 1.807) is 36.4 Å². The summed E-state index contributed by atoms with van der Waals surface area (Å²) in [6.45, 7) is 6.82. The van der Waals surface area contributed by atoms with Crippen LogP contribution in [0.1, 0.15) is 44.0 Å². The first-order valence-corrected chi connectivity index (χ1v) is 11.2. The van der Waals surface area contributed by atoms with Gasteiger partial charge in [0.15, 0.2) is 6.23 Å². The summed E-state index contributed by atoms with van der Waals surface area (Å²) in [7, 11) is 2.08. The van der Waals surface area contributed by atoms with Crippen LogP contribution in [-0.2, 0) is 11.3 Å². The topological polar surface area (TPSA) is 65.0 Å². The number of aromatic hydroxyl groups is 1. The molecule has 2 N–H and O–H groups in total. The number of hydrogen-bond acceptors (Lipinski definition) is 4. The van der Waals surface area contributed by atoms with E-state index in [1.165, 1.54) is 12.1 Å². The molecule has 1 fully saturated rings. The van der Waals surface area contributed by atoms with E-state index in [1.807, 2.05) is 4.90 Å². The molecule has 8 heteroatoms. The van der Waals surface area contributed by atoms with Gasteiger partial charge in [-0.05, 0) is 68.7 Å². The molecule has 0 spiro atoms. The number of phenolic OH excluding ortho intramolecular Hbond substituents is 1. The number of ether oxygens (including phenoxy) is 1. The summed E-state index contributed by atoms with van der Waals surface area (Å²) in [4.78, 5) is 17.6. The summed E-state index contributed by atoms with van der Waals surface area (Å²) >= 11 is 0. The largest absolute Gasteiger partial charge is 0.508 e. The molecule has 0 aromatic heterocycles. The van der Waals surface area contributed by atoms with Gasteiger partial charge >= 0.3 is 6.03 Å². The third-order valence-electron chi connectivity index (χ3n) is 5.70. The van der Waals surface area contributed by atoms with Crippen LogP contribution in [0, 0.1) is 11.7 Å². The number of piperidine rings is 1. The Labute approximate surface area is 202 Å². The van der Waals surface area contributed by atoms with Gasteiger partial charge in [0.25, 0.3) is 0 Å². The molecule has 6 nitrogen and oxygen atoms in total. The summed E-state index contributed by atoms with van der Waals surface area (Å²) in [5.74, 6) is 0.168. The maximum atomic E-state index is 13.5. The number of amides is 2. The maximum Gasteiger partial charge on any atom is 0.320 e. The Bertz CT molecular complexity index is 856. The van der Waals surface area contributed by atoms with Crippen LogP contribution in [0.2, 0.25) is 0 Å². The third-order valence-corrected chi connectivity index (χ3v) is 5.70. The number of halogens is 2. The van der Waals surface area contributed by atoms with Gasteiger partial charge in [-0.1, -0.05) is 38.1 Å². The van der Waals surface area contributed by atoms with Crippen molar-refractivity contribution in [1.82, 2.24) is 15.1 Å². The van der Waals surface area contributed by atoms with E-state index in [0.717, 1.165) is 37.1 Å². The molecular formula is C25H35ClFN3O3. The van der Waals surface area contributed by atoms with Crippen molar-refractivity contribution in [2.45, 2.75) is 45.5 Å². The van der Waals surface area contributed by atoms with Gasteiger partial charge in [0.1, 0.15) is 11.6 Å². The highest BCUT2D eigenvalue weighted by molar-refractivity contribution is 5.85. The maximum absolute atomic E-state index is 13.5. The second-order valence-corrected chi connectivity index (χ2v) is 8.94.